The zero-order chi connectivity index (χ0) is 14.8. The number of anilines is 1. The Hall–Kier alpha value is -1.62. The van der Waals surface area contributed by atoms with Crippen LogP contribution in [0, 0.1) is 0 Å². The number of hydrogen-bond donors (Lipinski definition) is 1. The Morgan fingerprint density at radius 3 is 2.85 bits per heavy atom. The van der Waals surface area contributed by atoms with Gasteiger partial charge in [-0.3, -0.25) is 9.78 Å². The number of carbonyl (C=O) groups excluding carboxylic acids is 1. The summed E-state index contributed by atoms with van der Waals surface area (Å²) in [5, 5.41) is 3.25. The fraction of sp³-hybridized carbons (Fsp3) is 0.600. The van der Waals surface area contributed by atoms with E-state index in [1.54, 1.807) is 23.4 Å². The first kappa shape index (κ1) is 16.4. The van der Waals surface area contributed by atoms with Gasteiger partial charge in [0.25, 0.3) is 5.91 Å². The van der Waals surface area contributed by atoms with Crippen molar-refractivity contribution in [3.8, 4) is 0 Å². The second-order valence-corrected chi connectivity index (χ2v) is 4.43. The number of amides is 1. The van der Waals surface area contributed by atoms with Crippen LogP contribution in [0.15, 0.2) is 18.5 Å². The van der Waals surface area contributed by atoms with Crippen molar-refractivity contribution in [1.82, 2.24) is 9.88 Å². The third-order valence-electron chi connectivity index (χ3n) is 3.00. The van der Waals surface area contributed by atoms with Crippen molar-refractivity contribution in [2.24, 2.45) is 0 Å². The lowest BCUT2D eigenvalue weighted by Crippen LogP contribution is -2.34. The molecule has 0 aliphatic heterocycles. The number of hydrogen-bond acceptors (Lipinski definition) is 4. The molecule has 0 fully saturated rings. The third-order valence-corrected chi connectivity index (χ3v) is 3.00. The molecule has 0 saturated heterocycles. The molecule has 0 saturated carbocycles. The van der Waals surface area contributed by atoms with Gasteiger partial charge in [0, 0.05) is 32.4 Å². The predicted octanol–water partition coefficient (Wildman–Crippen LogP) is 2.40. The van der Waals surface area contributed by atoms with E-state index in [1.807, 2.05) is 13.8 Å². The summed E-state index contributed by atoms with van der Waals surface area (Å²) in [6.45, 7) is 9.36. The molecular formula is C15H25N3O2. The fourth-order valence-corrected chi connectivity index (χ4v) is 1.87. The molecule has 1 heterocycles. The van der Waals surface area contributed by atoms with Crippen LogP contribution in [-0.2, 0) is 4.74 Å². The Labute approximate surface area is 121 Å². The molecule has 1 aromatic rings. The number of likely N-dealkylation sites (N-methyl/N-ethyl adjacent to an activating group) is 1. The second kappa shape index (κ2) is 9.31. The van der Waals surface area contributed by atoms with E-state index in [9.17, 15) is 4.79 Å². The lowest BCUT2D eigenvalue weighted by Gasteiger charge is -2.22. The summed E-state index contributed by atoms with van der Waals surface area (Å²) < 4.78 is 5.33. The van der Waals surface area contributed by atoms with Gasteiger partial charge in [-0.05, 0) is 26.3 Å². The number of rotatable bonds is 9. The van der Waals surface area contributed by atoms with Crippen LogP contribution < -0.4 is 5.32 Å². The number of pyridine rings is 1. The van der Waals surface area contributed by atoms with Gasteiger partial charge in [0.2, 0.25) is 0 Å². The molecule has 0 radical (unpaired) electrons. The Balaban J connectivity index is 2.77. The highest BCUT2D eigenvalue weighted by Crippen LogP contribution is 2.16. The number of carbonyl (C=O) groups is 1. The molecule has 0 spiro atoms. The zero-order valence-corrected chi connectivity index (χ0v) is 12.7. The first-order valence-corrected chi connectivity index (χ1v) is 7.29. The lowest BCUT2D eigenvalue weighted by atomic mass is 10.2. The van der Waals surface area contributed by atoms with Crippen LogP contribution in [0.1, 0.15) is 37.6 Å². The van der Waals surface area contributed by atoms with E-state index < -0.39 is 0 Å². The molecule has 5 heteroatoms. The smallest absolute Gasteiger partial charge is 0.256 e. The molecule has 0 aromatic carbocycles. The van der Waals surface area contributed by atoms with Crippen molar-refractivity contribution in [2.75, 3.05) is 38.2 Å². The van der Waals surface area contributed by atoms with Crippen molar-refractivity contribution in [1.29, 1.82) is 0 Å². The minimum absolute atomic E-state index is 0.0215. The van der Waals surface area contributed by atoms with Gasteiger partial charge >= 0.3 is 0 Å². The topological polar surface area (TPSA) is 54.5 Å². The normalized spacial score (nSPS) is 10.3. The van der Waals surface area contributed by atoms with Crippen molar-refractivity contribution >= 4 is 11.6 Å². The number of ether oxygens (including phenoxy) is 1. The van der Waals surface area contributed by atoms with Gasteiger partial charge in [-0.1, -0.05) is 6.92 Å². The summed E-state index contributed by atoms with van der Waals surface area (Å²) in [5.41, 5.74) is 1.47. The van der Waals surface area contributed by atoms with Crippen LogP contribution in [-0.4, -0.2) is 48.6 Å². The Morgan fingerprint density at radius 1 is 1.40 bits per heavy atom. The Morgan fingerprint density at radius 2 is 2.20 bits per heavy atom. The molecule has 0 atom stereocenters. The number of nitrogens with one attached hydrogen (secondary N) is 1. The monoisotopic (exact) mass is 279 g/mol. The van der Waals surface area contributed by atoms with E-state index in [2.05, 4.69) is 17.2 Å². The average Bonchev–Trinajstić information content (AvgIpc) is 2.49. The van der Waals surface area contributed by atoms with E-state index in [0.717, 1.165) is 18.7 Å². The van der Waals surface area contributed by atoms with Crippen molar-refractivity contribution in [3.63, 3.8) is 0 Å². The second-order valence-electron chi connectivity index (χ2n) is 4.43. The first-order valence-electron chi connectivity index (χ1n) is 7.29. The Bertz CT molecular complexity index is 410. The van der Waals surface area contributed by atoms with Crippen LogP contribution in [0.3, 0.4) is 0 Å². The van der Waals surface area contributed by atoms with E-state index in [1.165, 1.54) is 0 Å². The predicted molar refractivity (Wildman–Crippen MR) is 81.1 cm³/mol. The van der Waals surface area contributed by atoms with Crippen molar-refractivity contribution in [3.05, 3.63) is 24.0 Å². The average molecular weight is 279 g/mol. The maximum atomic E-state index is 12.6. The van der Waals surface area contributed by atoms with Crippen LogP contribution in [0.25, 0.3) is 0 Å². The quantitative estimate of drug-likeness (QED) is 0.705. The summed E-state index contributed by atoms with van der Waals surface area (Å²) in [6.07, 6.45) is 4.37. The molecule has 0 unspecified atom stereocenters. The maximum Gasteiger partial charge on any atom is 0.256 e. The van der Waals surface area contributed by atoms with Crippen LogP contribution in [0.5, 0.6) is 0 Å². The lowest BCUT2D eigenvalue weighted by molar-refractivity contribution is 0.0670. The highest BCUT2D eigenvalue weighted by molar-refractivity contribution is 5.99. The molecule has 5 nitrogen and oxygen atoms in total. The summed E-state index contributed by atoms with van der Waals surface area (Å²) in [7, 11) is 0. The molecular weight excluding hydrogens is 254 g/mol. The molecule has 0 bridgehead atoms. The van der Waals surface area contributed by atoms with Crippen LogP contribution >= 0.6 is 0 Å². The van der Waals surface area contributed by atoms with Crippen LogP contribution in [0.2, 0.25) is 0 Å². The van der Waals surface area contributed by atoms with Gasteiger partial charge in [0.1, 0.15) is 0 Å². The van der Waals surface area contributed by atoms with Gasteiger partial charge in [-0.15, -0.1) is 0 Å². The highest BCUT2D eigenvalue weighted by atomic mass is 16.5. The van der Waals surface area contributed by atoms with Gasteiger partial charge in [-0.2, -0.15) is 0 Å². The van der Waals surface area contributed by atoms with Crippen LogP contribution in [0.4, 0.5) is 5.69 Å². The zero-order valence-electron chi connectivity index (χ0n) is 12.7. The summed E-state index contributed by atoms with van der Waals surface area (Å²) >= 11 is 0. The minimum Gasteiger partial charge on any atom is -0.383 e. The molecule has 112 valence electrons. The molecule has 1 rings (SSSR count). The molecule has 1 amide bonds. The standard InChI is InChI=1S/C15H25N3O2/c1-4-8-17-14-12-16-9-7-13(14)15(19)18(5-2)10-11-20-6-3/h7,9,12,17H,4-6,8,10-11H2,1-3H3. The first-order chi connectivity index (χ1) is 9.74. The SMILES string of the molecule is CCCNc1cnccc1C(=O)N(CC)CCOCC. The molecule has 0 aliphatic rings. The third kappa shape index (κ3) is 4.81. The molecule has 0 aliphatic carbocycles. The number of aromatic nitrogens is 1. The maximum absolute atomic E-state index is 12.6. The van der Waals surface area contributed by atoms with Gasteiger partial charge in [-0.25, -0.2) is 0 Å². The fourth-order valence-electron chi connectivity index (χ4n) is 1.87. The highest BCUT2D eigenvalue weighted by Gasteiger charge is 2.17. The van der Waals surface area contributed by atoms with E-state index in [4.69, 9.17) is 4.74 Å². The van der Waals surface area contributed by atoms with E-state index in [0.29, 0.717) is 31.9 Å². The number of nitrogens with zero attached hydrogens (tertiary/aromatic N) is 2. The molecule has 1 N–H and O–H groups in total. The summed E-state index contributed by atoms with van der Waals surface area (Å²) in [6, 6.07) is 1.77. The van der Waals surface area contributed by atoms with Gasteiger partial charge < -0.3 is 15.0 Å². The Kier molecular flexibility index (Phi) is 7.65. The van der Waals surface area contributed by atoms with E-state index >= 15 is 0 Å². The summed E-state index contributed by atoms with van der Waals surface area (Å²) in [4.78, 5) is 18.4. The molecule has 20 heavy (non-hydrogen) atoms. The van der Waals surface area contributed by atoms with Crippen molar-refractivity contribution in [2.45, 2.75) is 27.2 Å². The van der Waals surface area contributed by atoms with E-state index in [-0.39, 0.29) is 5.91 Å². The molecule has 1 aromatic heterocycles. The summed E-state index contributed by atoms with van der Waals surface area (Å²) in [5.74, 6) is 0.0215. The van der Waals surface area contributed by atoms with Gasteiger partial charge in [0.05, 0.1) is 24.1 Å². The largest absolute Gasteiger partial charge is 0.383 e. The van der Waals surface area contributed by atoms with Crippen molar-refractivity contribution < 1.29 is 9.53 Å². The minimum atomic E-state index is 0.0215. The van der Waals surface area contributed by atoms with Gasteiger partial charge in [0.15, 0.2) is 0 Å².